The van der Waals surface area contributed by atoms with Crippen LogP contribution in [0.1, 0.15) is 11.1 Å². The van der Waals surface area contributed by atoms with E-state index < -0.39 is 0 Å². The fraction of sp³-hybridized carbons (Fsp3) is 0.538. The van der Waals surface area contributed by atoms with Gasteiger partial charge in [-0.3, -0.25) is 4.90 Å². The van der Waals surface area contributed by atoms with E-state index in [0.717, 1.165) is 44.8 Å². The summed E-state index contributed by atoms with van der Waals surface area (Å²) < 4.78 is 5.31. The minimum atomic E-state index is -0.121. The summed E-state index contributed by atoms with van der Waals surface area (Å²) in [4.78, 5) is 2.42. The number of morpholine rings is 1. The van der Waals surface area contributed by atoms with Crippen LogP contribution in [0.15, 0.2) is 24.3 Å². The standard InChI is InChI=1S/C13H18NO2/c15-11-13-3-1-12(2-4-13)5-6-14-7-9-16-10-8-14/h1-4H,5-11H2. The van der Waals surface area contributed by atoms with Crippen LogP contribution in [0, 0.1) is 0 Å². The fourth-order valence-corrected chi connectivity index (χ4v) is 1.91. The molecule has 1 heterocycles. The van der Waals surface area contributed by atoms with Crippen LogP contribution in [0.4, 0.5) is 0 Å². The molecule has 0 atom stereocenters. The molecule has 1 aromatic carbocycles. The Labute approximate surface area is 96.6 Å². The van der Waals surface area contributed by atoms with Gasteiger partial charge in [0.25, 0.3) is 0 Å². The molecule has 0 amide bonds. The third-order valence-corrected chi connectivity index (χ3v) is 3.01. The highest BCUT2D eigenvalue weighted by molar-refractivity contribution is 5.22. The molecule has 1 radical (unpaired) electrons. The lowest BCUT2D eigenvalue weighted by molar-refractivity contribution is 0.0384. The van der Waals surface area contributed by atoms with Gasteiger partial charge in [0.15, 0.2) is 0 Å². The number of rotatable bonds is 4. The third-order valence-electron chi connectivity index (χ3n) is 3.01. The van der Waals surface area contributed by atoms with Crippen LogP contribution in [0.2, 0.25) is 0 Å². The first-order valence-electron chi connectivity index (χ1n) is 5.84. The summed E-state index contributed by atoms with van der Waals surface area (Å²) in [5.41, 5.74) is 2.18. The van der Waals surface area contributed by atoms with Gasteiger partial charge in [-0.25, -0.2) is 5.11 Å². The molecule has 16 heavy (non-hydrogen) atoms. The summed E-state index contributed by atoms with van der Waals surface area (Å²) in [5.74, 6) is 0. The van der Waals surface area contributed by atoms with E-state index in [1.807, 2.05) is 12.1 Å². The van der Waals surface area contributed by atoms with Crippen molar-refractivity contribution in [3.63, 3.8) is 0 Å². The van der Waals surface area contributed by atoms with Crippen molar-refractivity contribution >= 4 is 0 Å². The van der Waals surface area contributed by atoms with Crippen molar-refractivity contribution < 1.29 is 9.84 Å². The van der Waals surface area contributed by atoms with Crippen molar-refractivity contribution in [2.24, 2.45) is 0 Å². The van der Waals surface area contributed by atoms with E-state index in [9.17, 15) is 5.11 Å². The maximum Gasteiger partial charge on any atom is 0.107 e. The molecular formula is C13H18NO2. The van der Waals surface area contributed by atoms with E-state index in [2.05, 4.69) is 17.0 Å². The van der Waals surface area contributed by atoms with Gasteiger partial charge in [-0.15, -0.1) is 0 Å². The van der Waals surface area contributed by atoms with Crippen molar-refractivity contribution in [2.45, 2.75) is 13.0 Å². The van der Waals surface area contributed by atoms with E-state index in [1.54, 1.807) is 0 Å². The molecule has 0 bridgehead atoms. The van der Waals surface area contributed by atoms with Crippen molar-refractivity contribution in [2.75, 3.05) is 32.8 Å². The lowest BCUT2D eigenvalue weighted by Gasteiger charge is -2.26. The van der Waals surface area contributed by atoms with Crippen molar-refractivity contribution in [3.8, 4) is 0 Å². The normalized spacial score (nSPS) is 17.6. The predicted octanol–water partition coefficient (Wildman–Crippen LogP) is 1.49. The van der Waals surface area contributed by atoms with Crippen molar-refractivity contribution in [3.05, 3.63) is 35.4 Å². The molecular weight excluding hydrogens is 202 g/mol. The molecule has 0 saturated carbocycles. The molecule has 0 aliphatic carbocycles. The van der Waals surface area contributed by atoms with Gasteiger partial charge >= 0.3 is 0 Å². The Hall–Kier alpha value is -0.900. The second-order valence-corrected chi connectivity index (χ2v) is 4.16. The van der Waals surface area contributed by atoms with Crippen LogP contribution in [0.3, 0.4) is 0 Å². The predicted molar refractivity (Wildman–Crippen MR) is 61.8 cm³/mol. The maximum atomic E-state index is 10.6. The Kier molecular flexibility index (Phi) is 4.34. The Bertz CT molecular complexity index is 304. The van der Waals surface area contributed by atoms with Gasteiger partial charge in [-0.05, 0) is 17.5 Å². The molecule has 0 unspecified atom stereocenters. The van der Waals surface area contributed by atoms with Gasteiger partial charge in [0.2, 0.25) is 0 Å². The van der Waals surface area contributed by atoms with Gasteiger partial charge in [-0.1, -0.05) is 24.3 Å². The molecule has 1 saturated heterocycles. The lowest BCUT2D eigenvalue weighted by Crippen LogP contribution is -2.37. The molecule has 1 aliphatic rings. The number of ether oxygens (including phenoxy) is 1. The Morgan fingerprint density at radius 2 is 1.69 bits per heavy atom. The highest BCUT2D eigenvalue weighted by Crippen LogP contribution is 2.07. The van der Waals surface area contributed by atoms with Gasteiger partial charge in [-0.2, -0.15) is 0 Å². The average Bonchev–Trinajstić information content (AvgIpc) is 2.38. The van der Waals surface area contributed by atoms with Crippen LogP contribution in [-0.2, 0) is 22.9 Å². The summed E-state index contributed by atoms with van der Waals surface area (Å²) in [5, 5.41) is 10.6. The van der Waals surface area contributed by atoms with E-state index in [-0.39, 0.29) is 6.61 Å². The number of hydrogen-bond acceptors (Lipinski definition) is 2. The van der Waals surface area contributed by atoms with Crippen molar-refractivity contribution in [1.82, 2.24) is 4.90 Å². The minimum absolute atomic E-state index is 0.121. The Morgan fingerprint density at radius 1 is 1.06 bits per heavy atom. The molecule has 3 heteroatoms. The zero-order valence-electron chi connectivity index (χ0n) is 9.52. The van der Waals surface area contributed by atoms with E-state index >= 15 is 0 Å². The second kappa shape index (κ2) is 5.99. The van der Waals surface area contributed by atoms with E-state index in [1.165, 1.54) is 5.56 Å². The van der Waals surface area contributed by atoms with Crippen LogP contribution in [0.25, 0.3) is 0 Å². The van der Waals surface area contributed by atoms with Gasteiger partial charge in [0.05, 0.1) is 13.2 Å². The zero-order chi connectivity index (χ0) is 11.2. The van der Waals surface area contributed by atoms with Crippen LogP contribution >= 0.6 is 0 Å². The van der Waals surface area contributed by atoms with Gasteiger partial charge in [0.1, 0.15) is 6.61 Å². The SMILES string of the molecule is [O]Cc1ccc(CCN2CCOCC2)cc1. The first kappa shape index (κ1) is 11.6. The van der Waals surface area contributed by atoms with Crippen molar-refractivity contribution in [1.29, 1.82) is 0 Å². The van der Waals surface area contributed by atoms with E-state index in [4.69, 9.17) is 4.74 Å². The Morgan fingerprint density at radius 3 is 2.31 bits per heavy atom. The Balaban J connectivity index is 1.79. The molecule has 87 valence electrons. The molecule has 2 rings (SSSR count). The van der Waals surface area contributed by atoms with Crippen LogP contribution in [-0.4, -0.2) is 37.7 Å². The summed E-state index contributed by atoms with van der Waals surface area (Å²) in [6, 6.07) is 7.99. The quantitative estimate of drug-likeness (QED) is 0.770. The number of nitrogens with zero attached hydrogens (tertiary/aromatic N) is 1. The molecule has 1 fully saturated rings. The highest BCUT2D eigenvalue weighted by Gasteiger charge is 2.09. The number of benzene rings is 1. The van der Waals surface area contributed by atoms with E-state index in [0.29, 0.717) is 0 Å². The fourth-order valence-electron chi connectivity index (χ4n) is 1.91. The topological polar surface area (TPSA) is 32.4 Å². The zero-order valence-corrected chi connectivity index (χ0v) is 9.52. The molecule has 1 aromatic rings. The largest absolute Gasteiger partial charge is 0.379 e. The maximum absolute atomic E-state index is 10.6. The van der Waals surface area contributed by atoms with Crippen LogP contribution < -0.4 is 0 Å². The molecule has 3 nitrogen and oxygen atoms in total. The summed E-state index contributed by atoms with van der Waals surface area (Å²) in [6.45, 7) is 4.76. The summed E-state index contributed by atoms with van der Waals surface area (Å²) in [6.07, 6.45) is 1.05. The number of hydrogen-bond donors (Lipinski definition) is 0. The highest BCUT2D eigenvalue weighted by atomic mass is 16.5. The average molecular weight is 220 g/mol. The monoisotopic (exact) mass is 220 g/mol. The van der Waals surface area contributed by atoms with Crippen LogP contribution in [0.5, 0.6) is 0 Å². The van der Waals surface area contributed by atoms with Gasteiger partial charge < -0.3 is 4.74 Å². The third kappa shape index (κ3) is 3.30. The smallest absolute Gasteiger partial charge is 0.107 e. The molecule has 1 aliphatic heterocycles. The first-order valence-corrected chi connectivity index (χ1v) is 5.84. The lowest BCUT2D eigenvalue weighted by atomic mass is 10.1. The molecule has 0 spiro atoms. The minimum Gasteiger partial charge on any atom is -0.379 e. The first-order chi connectivity index (χ1) is 7.88. The summed E-state index contributed by atoms with van der Waals surface area (Å²) >= 11 is 0. The molecule has 0 aromatic heterocycles. The summed E-state index contributed by atoms with van der Waals surface area (Å²) in [7, 11) is 0. The second-order valence-electron chi connectivity index (χ2n) is 4.16. The molecule has 0 N–H and O–H groups in total. The van der Waals surface area contributed by atoms with Gasteiger partial charge in [0, 0.05) is 19.6 Å².